The molecule has 0 unspecified atom stereocenters. The highest BCUT2D eigenvalue weighted by atomic mass is 35.5. The van der Waals surface area contributed by atoms with Crippen LogP contribution in [0.25, 0.3) is 0 Å². The zero-order chi connectivity index (χ0) is 21.2. The molecule has 0 bridgehead atoms. The molecule has 2 aromatic carbocycles. The van der Waals surface area contributed by atoms with Gasteiger partial charge in [0, 0.05) is 12.8 Å². The van der Waals surface area contributed by atoms with E-state index in [2.05, 4.69) is 21.1 Å². The van der Waals surface area contributed by atoms with E-state index in [4.69, 9.17) is 46.4 Å². The van der Waals surface area contributed by atoms with Crippen LogP contribution in [0.1, 0.15) is 30.4 Å². The van der Waals surface area contributed by atoms with Crippen LogP contribution in [0.3, 0.4) is 0 Å². The normalized spacial score (nSPS) is 11.2. The van der Waals surface area contributed by atoms with E-state index in [9.17, 15) is 9.59 Å². The predicted molar refractivity (Wildman–Crippen MR) is 118 cm³/mol. The fourth-order valence-electron chi connectivity index (χ4n) is 2.06. The second-order valence-corrected chi connectivity index (χ2v) is 7.42. The van der Waals surface area contributed by atoms with Gasteiger partial charge in [-0.2, -0.15) is 10.2 Å². The molecule has 0 saturated heterocycles. The smallest absolute Gasteiger partial charge is 0.240 e. The molecule has 10 heteroatoms. The first kappa shape index (κ1) is 23.2. The van der Waals surface area contributed by atoms with Gasteiger partial charge >= 0.3 is 0 Å². The molecule has 0 atom stereocenters. The molecule has 0 heterocycles. The number of rotatable bonds is 8. The summed E-state index contributed by atoms with van der Waals surface area (Å²) in [6.07, 6.45) is 3.53. The highest BCUT2D eigenvalue weighted by Crippen LogP contribution is 2.22. The van der Waals surface area contributed by atoms with Gasteiger partial charge in [-0.25, -0.2) is 10.9 Å². The molecule has 0 aliphatic rings. The van der Waals surface area contributed by atoms with E-state index in [0.29, 0.717) is 37.6 Å². The Kier molecular flexibility index (Phi) is 9.41. The molecule has 2 N–H and O–H groups in total. The van der Waals surface area contributed by atoms with Crippen molar-refractivity contribution in [1.29, 1.82) is 0 Å². The monoisotopic (exact) mass is 472 g/mol. The second-order valence-electron chi connectivity index (χ2n) is 5.79. The van der Waals surface area contributed by atoms with Gasteiger partial charge in [0.2, 0.25) is 11.8 Å². The summed E-state index contributed by atoms with van der Waals surface area (Å²) >= 11 is 23.4. The van der Waals surface area contributed by atoms with Crippen LogP contribution in [0.15, 0.2) is 46.6 Å². The lowest BCUT2D eigenvalue weighted by Crippen LogP contribution is -2.20. The van der Waals surface area contributed by atoms with Crippen LogP contribution in [0.4, 0.5) is 0 Å². The Labute approximate surface area is 187 Å². The van der Waals surface area contributed by atoms with Gasteiger partial charge in [-0.1, -0.05) is 58.5 Å². The maximum Gasteiger partial charge on any atom is 0.240 e. The molecule has 2 rings (SSSR count). The zero-order valence-corrected chi connectivity index (χ0v) is 18.0. The van der Waals surface area contributed by atoms with Gasteiger partial charge in [0.05, 0.1) is 32.5 Å². The average Bonchev–Trinajstić information content (AvgIpc) is 2.67. The van der Waals surface area contributed by atoms with E-state index < -0.39 is 0 Å². The lowest BCUT2D eigenvalue weighted by Gasteiger charge is -2.01. The standard InChI is InChI=1S/C19H16Cl4N4O2/c20-14-6-4-12(8-16(14)22)10-24-26-18(28)2-1-3-19(29)27-25-11-13-5-7-15(21)17(23)9-13/h4-11H,1-3H2,(H,26,28)(H,27,29)/b24-10-,25-11+. The first-order chi connectivity index (χ1) is 13.8. The van der Waals surface area contributed by atoms with Crippen molar-refractivity contribution in [3.8, 4) is 0 Å². The molecular formula is C19H16Cl4N4O2. The van der Waals surface area contributed by atoms with Crippen molar-refractivity contribution in [3.63, 3.8) is 0 Å². The van der Waals surface area contributed by atoms with Crippen molar-refractivity contribution >= 4 is 70.6 Å². The van der Waals surface area contributed by atoms with Gasteiger partial charge in [0.25, 0.3) is 0 Å². The number of nitrogens with one attached hydrogen (secondary N) is 2. The Bertz CT molecular complexity index is 872. The molecule has 2 aromatic rings. The summed E-state index contributed by atoms with van der Waals surface area (Å²) in [4.78, 5) is 23.5. The number of halogens is 4. The third-order valence-electron chi connectivity index (χ3n) is 3.50. The van der Waals surface area contributed by atoms with E-state index in [0.717, 1.165) is 0 Å². The van der Waals surface area contributed by atoms with E-state index in [1.54, 1.807) is 36.4 Å². The third-order valence-corrected chi connectivity index (χ3v) is 4.98. The summed E-state index contributed by atoms with van der Waals surface area (Å²) in [6.45, 7) is 0. The summed E-state index contributed by atoms with van der Waals surface area (Å²) in [5.41, 5.74) is 6.15. The minimum Gasteiger partial charge on any atom is -0.273 e. The largest absolute Gasteiger partial charge is 0.273 e. The highest BCUT2D eigenvalue weighted by Gasteiger charge is 2.04. The van der Waals surface area contributed by atoms with Gasteiger partial charge < -0.3 is 0 Å². The van der Waals surface area contributed by atoms with Crippen LogP contribution in [0.2, 0.25) is 20.1 Å². The predicted octanol–water partition coefficient (Wildman–Crippen LogP) is 5.07. The minimum absolute atomic E-state index is 0.142. The molecule has 6 nitrogen and oxygen atoms in total. The first-order valence-corrected chi connectivity index (χ1v) is 9.90. The van der Waals surface area contributed by atoms with Crippen LogP contribution in [0, 0.1) is 0 Å². The van der Waals surface area contributed by atoms with Crippen molar-refractivity contribution in [1.82, 2.24) is 10.9 Å². The number of hydrazone groups is 2. The summed E-state index contributed by atoms with van der Waals surface area (Å²) in [6, 6.07) is 9.95. The molecule has 0 aliphatic heterocycles. The maximum atomic E-state index is 11.7. The molecule has 152 valence electrons. The number of carbonyl (C=O) groups is 2. The fraction of sp³-hybridized carbons (Fsp3) is 0.158. The van der Waals surface area contributed by atoms with Crippen molar-refractivity contribution in [2.45, 2.75) is 19.3 Å². The van der Waals surface area contributed by atoms with Crippen molar-refractivity contribution in [2.75, 3.05) is 0 Å². The van der Waals surface area contributed by atoms with E-state index in [-0.39, 0.29) is 24.7 Å². The van der Waals surface area contributed by atoms with Crippen LogP contribution in [-0.2, 0) is 9.59 Å². The zero-order valence-electron chi connectivity index (χ0n) is 15.0. The van der Waals surface area contributed by atoms with Gasteiger partial charge in [0.15, 0.2) is 0 Å². The lowest BCUT2D eigenvalue weighted by atomic mass is 10.2. The van der Waals surface area contributed by atoms with Crippen LogP contribution >= 0.6 is 46.4 Å². The molecule has 29 heavy (non-hydrogen) atoms. The van der Waals surface area contributed by atoms with Gasteiger partial charge in [-0.3, -0.25) is 9.59 Å². The Balaban J connectivity index is 1.66. The Morgan fingerprint density at radius 1 is 0.724 bits per heavy atom. The molecule has 0 aliphatic carbocycles. The average molecular weight is 474 g/mol. The molecule has 2 amide bonds. The van der Waals surface area contributed by atoms with Gasteiger partial charge in [-0.05, 0) is 41.8 Å². The minimum atomic E-state index is -0.312. The maximum absolute atomic E-state index is 11.7. The number of hydrogen-bond donors (Lipinski definition) is 2. The van der Waals surface area contributed by atoms with Crippen LogP contribution < -0.4 is 10.9 Å². The Morgan fingerprint density at radius 2 is 1.14 bits per heavy atom. The van der Waals surface area contributed by atoms with Crippen LogP contribution in [-0.4, -0.2) is 24.2 Å². The molecule has 0 saturated carbocycles. The SMILES string of the molecule is O=C(CCCC(=O)N/N=C/c1ccc(Cl)c(Cl)c1)N/N=C\c1ccc(Cl)c(Cl)c1. The van der Waals surface area contributed by atoms with Gasteiger partial charge in [-0.15, -0.1) is 0 Å². The summed E-state index contributed by atoms with van der Waals surface area (Å²) < 4.78 is 0. The quantitative estimate of drug-likeness (QED) is 0.414. The number of carbonyl (C=O) groups excluding carboxylic acids is 2. The Hall–Kier alpha value is -2.12. The summed E-state index contributed by atoms with van der Waals surface area (Å²) in [5.74, 6) is -0.623. The summed E-state index contributed by atoms with van der Waals surface area (Å²) in [7, 11) is 0. The number of hydrogen-bond acceptors (Lipinski definition) is 4. The van der Waals surface area contributed by atoms with E-state index in [1.807, 2.05) is 0 Å². The number of benzene rings is 2. The van der Waals surface area contributed by atoms with Crippen molar-refractivity contribution < 1.29 is 9.59 Å². The number of amides is 2. The summed E-state index contributed by atoms with van der Waals surface area (Å²) in [5, 5.41) is 9.34. The highest BCUT2D eigenvalue weighted by molar-refractivity contribution is 6.42. The Morgan fingerprint density at radius 3 is 1.52 bits per heavy atom. The molecule has 0 spiro atoms. The van der Waals surface area contributed by atoms with Crippen LogP contribution in [0.5, 0.6) is 0 Å². The molecule has 0 aromatic heterocycles. The third kappa shape index (κ3) is 8.41. The van der Waals surface area contributed by atoms with E-state index in [1.165, 1.54) is 12.4 Å². The molecular weight excluding hydrogens is 458 g/mol. The van der Waals surface area contributed by atoms with Crippen molar-refractivity contribution in [2.24, 2.45) is 10.2 Å². The number of nitrogens with zero attached hydrogens (tertiary/aromatic N) is 2. The molecule has 0 fully saturated rings. The fourth-order valence-corrected chi connectivity index (χ4v) is 2.68. The first-order valence-electron chi connectivity index (χ1n) is 8.39. The second kappa shape index (κ2) is 11.8. The van der Waals surface area contributed by atoms with Gasteiger partial charge in [0.1, 0.15) is 0 Å². The lowest BCUT2D eigenvalue weighted by molar-refractivity contribution is -0.122. The topological polar surface area (TPSA) is 82.9 Å². The van der Waals surface area contributed by atoms with E-state index >= 15 is 0 Å². The molecule has 0 radical (unpaired) electrons. The van der Waals surface area contributed by atoms with Crippen molar-refractivity contribution in [3.05, 3.63) is 67.6 Å².